The number of nitrogens with one attached hydrogen (secondary N) is 1. The molecule has 0 amide bonds. The summed E-state index contributed by atoms with van der Waals surface area (Å²) in [5.74, 6) is 1.69. The van der Waals surface area contributed by atoms with Crippen molar-refractivity contribution in [3.63, 3.8) is 0 Å². The topological polar surface area (TPSA) is 12.0 Å². The Morgan fingerprint density at radius 2 is 2.00 bits per heavy atom. The summed E-state index contributed by atoms with van der Waals surface area (Å²) in [7, 11) is 0. The second-order valence-corrected chi connectivity index (χ2v) is 7.54. The summed E-state index contributed by atoms with van der Waals surface area (Å²) in [5.41, 5.74) is 0. The minimum atomic E-state index is 0.603. The number of hydrogen-bond donors (Lipinski definition) is 1. The summed E-state index contributed by atoms with van der Waals surface area (Å²) < 4.78 is 0. The molecule has 3 atom stereocenters. The maximum absolute atomic E-state index is 4.02. The molecule has 1 aromatic heterocycles. The Morgan fingerprint density at radius 3 is 2.55 bits per heavy atom. The van der Waals surface area contributed by atoms with Gasteiger partial charge in [0.25, 0.3) is 0 Å². The van der Waals surface area contributed by atoms with Crippen LogP contribution < -0.4 is 5.32 Å². The lowest BCUT2D eigenvalue weighted by Crippen LogP contribution is -2.36. The first kappa shape index (κ1) is 16.0. The first-order chi connectivity index (χ1) is 9.74. The van der Waals surface area contributed by atoms with Gasteiger partial charge in [-0.15, -0.1) is 11.3 Å². The Kier molecular flexibility index (Phi) is 6.57. The lowest BCUT2D eigenvalue weighted by atomic mass is 9.92. The number of thiophene rings is 1. The molecule has 0 spiro atoms. The van der Waals surface area contributed by atoms with Crippen molar-refractivity contribution < 1.29 is 0 Å². The minimum Gasteiger partial charge on any atom is -0.306 e. The normalized spacial score (nSPS) is 20.9. The largest absolute Gasteiger partial charge is 0.306 e. The maximum Gasteiger partial charge on any atom is 0.0445 e. The molecule has 0 aromatic carbocycles. The van der Waals surface area contributed by atoms with Crippen LogP contribution in [0.1, 0.15) is 76.6 Å². The molecule has 0 bridgehead atoms. The third-order valence-electron chi connectivity index (χ3n) is 5.01. The van der Waals surface area contributed by atoms with E-state index in [-0.39, 0.29) is 0 Å². The Labute approximate surface area is 129 Å². The molecule has 1 fully saturated rings. The molecule has 114 valence electrons. The quantitative estimate of drug-likeness (QED) is 0.640. The Hall–Kier alpha value is -0.340. The lowest BCUT2D eigenvalue weighted by molar-refractivity contribution is 0.294. The highest BCUT2D eigenvalue weighted by Gasteiger charge is 2.28. The standard InChI is InChI=1S/C18H31NS/c1-4-14(3)13-16(5-2)19-18(15-9-6-7-10-15)17-11-8-12-20-17/h8,11-12,14-16,18-19H,4-7,9-10,13H2,1-3H3. The van der Waals surface area contributed by atoms with Crippen LogP contribution in [0.2, 0.25) is 0 Å². The lowest BCUT2D eigenvalue weighted by Gasteiger charge is -2.30. The average molecular weight is 294 g/mol. The van der Waals surface area contributed by atoms with Gasteiger partial charge in [0.15, 0.2) is 0 Å². The molecule has 0 aliphatic heterocycles. The van der Waals surface area contributed by atoms with Gasteiger partial charge in [-0.05, 0) is 49.0 Å². The van der Waals surface area contributed by atoms with Crippen LogP contribution in [-0.4, -0.2) is 6.04 Å². The van der Waals surface area contributed by atoms with Crippen LogP contribution in [0.3, 0.4) is 0 Å². The van der Waals surface area contributed by atoms with Gasteiger partial charge in [0, 0.05) is 17.0 Å². The molecule has 1 nitrogen and oxygen atoms in total. The van der Waals surface area contributed by atoms with Crippen molar-refractivity contribution in [3.05, 3.63) is 22.4 Å². The third kappa shape index (κ3) is 4.33. The van der Waals surface area contributed by atoms with E-state index in [2.05, 4.69) is 43.6 Å². The van der Waals surface area contributed by atoms with Gasteiger partial charge in [-0.2, -0.15) is 0 Å². The van der Waals surface area contributed by atoms with Crippen molar-refractivity contribution in [1.82, 2.24) is 5.32 Å². The van der Waals surface area contributed by atoms with Crippen molar-refractivity contribution in [2.45, 2.75) is 77.8 Å². The molecular formula is C18H31NS. The fourth-order valence-corrected chi connectivity index (χ4v) is 4.35. The van der Waals surface area contributed by atoms with Crippen molar-refractivity contribution >= 4 is 11.3 Å². The highest BCUT2D eigenvalue weighted by molar-refractivity contribution is 7.10. The summed E-state index contributed by atoms with van der Waals surface area (Å²) in [4.78, 5) is 1.56. The zero-order chi connectivity index (χ0) is 14.4. The molecule has 1 aliphatic rings. The molecule has 1 aromatic rings. The molecule has 1 aliphatic carbocycles. The van der Waals surface area contributed by atoms with Crippen LogP contribution in [0.5, 0.6) is 0 Å². The summed E-state index contributed by atoms with van der Waals surface area (Å²) in [5, 5.41) is 6.25. The molecule has 20 heavy (non-hydrogen) atoms. The third-order valence-corrected chi connectivity index (χ3v) is 5.97. The molecular weight excluding hydrogens is 262 g/mol. The van der Waals surface area contributed by atoms with Gasteiger partial charge in [0.1, 0.15) is 0 Å². The van der Waals surface area contributed by atoms with E-state index >= 15 is 0 Å². The summed E-state index contributed by atoms with van der Waals surface area (Å²) in [6, 6.07) is 5.82. The second-order valence-electron chi connectivity index (χ2n) is 6.56. The predicted molar refractivity (Wildman–Crippen MR) is 90.3 cm³/mol. The molecule has 3 unspecified atom stereocenters. The van der Waals surface area contributed by atoms with Gasteiger partial charge >= 0.3 is 0 Å². The van der Waals surface area contributed by atoms with Crippen LogP contribution in [0.25, 0.3) is 0 Å². The van der Waals surface area contributed by atoms with Crippen LogP contribution >= 0.6 is 11.3 Å². The van der Waals surface area contributed by atoms with Gasteiger partial charge in [-0.1, -0.05) is 46.1 Å². The molecule has 0 radical (unpaired) electrons. The Balaban J connectivity index is 2.02. The Bertz CT molecular complexity index is 354. The van der Waals surface area contributed by atoms with Crippen LogP contribution in [0, 0.1) is 11.8 Å². The zero-order valence-electron chi connectivity index (χ0n) is 13.4. The maximum atomic E-state index is 4.02. The van der Waals surface area contributed by atoms with E-state index in [4.69, 9.17) is 0 Å². The monoisotopic (exact) mass is 293 g/mol. The number of hydrogen-bond acceptors (Lipinski definition) is 2. The van der Waals surface area contributed by atoms with Crippen LogP contribution in [0.15, 0.2) is 17.5 Å². The molecule has 2 rings (SSSR count). The van der Waals surface area contributed by atoms with Crippen LogP contribution in [0.4, 0.5) is 0 Å². The Morgan fingerprint density at radius 1 is 1.25 bits per heavy atom. The molecule has 1 heterocycles. The zero-order valence-corrected chi connectivity index (χ0v) is 14.2. The van der Waals surface area contributed by atoms with Gasteiger partial charge < -0.3 is 5.32 Å². The van der Waals surface area contributed by atoms with Crippen molar-refractivity contribution in [1.29, 1.82) is 0 Å². The average Bonchev–Trinajstić information content (AvgIpc) is 3.15. The van der Waals surface area contributed by atoms with Crippen molar-refractivity contribution in [2.75, 3.05) is 0 Å². The van der Waals surface area contributed by atoms with E-state index in [1.54, 1.807) is 4.88 Å². The highest BCUT2D eigenvalue weighted by atomic mass is 32.1. The van der Waals surface area contributed by atoms with Gasteiger partial charge in [-0.25, -0.2) is 0 Å². The van der Waals surface area contributed by atoms with Gasteiger partial charge in [0.2, 0.25) is 0 Å². The second kappa shape index (κ2) is 8.19. The molecule has 1 saturated carbocycles. The SMILES string of the molecule is CCC(C)CC(CC)NC(c1cccs1)C1CCCC1. The van der Waals surface area contributed by atoms with Crippen molar-refractivity contribution in [3.8, 4) is 0 Å². The predicted octanol–water partition coefficient (Wildman–Crippen LogP) is 5.78. The van der Waals surface area contributed by atoms with Crippen molar-refractivity contribution in [2.24, 2.45) is 11.8 Å². The minimum absolute atomic E-state index is 0.603. The summed E-state index contributed by atoms with van der Waals surface area (Å²) in [6.07, 6.45) is 9.54. The van der Waals surface area contributed by atoms with E-state index in [1.807, 2.05) is 11.3 Å². The first-order valence-corrected chi connectivity index (χ1v) is 9.42. The first-order valence-electron chi connectivity index (χ1n) is 8.54. The van der Waals surface area contributed by atoms with Crippen LogP contribution in [-0.2, 0) is 0 Å². The summed E-state index contributed by atoms with van der Waals surface area (Å²) in [6.45, 7) is 7.03. The van der Waals surface area contributed by atoms with E-state index in [0.29, 0.717) is 12.1 Å². The summed E-state index contributed by atoms with van der Waals surface area (Å²) >= 11 is 1.93. The highest BCUT2D eigenvalue weighted by Crippen LogP contribution is 2.38. The van der Waals surface area contributed by atoms with E-state index in [9.17, 15) is 0 Å². The smallest absolute Gasteiger partial charge is 0.0445 e. The molecule has 0 saturated heterocycles. The fraction of sp³-hybridized carbons (Fsp3) is 0.778. The number of rotatable bonds is 8. The van der Waals surface area contributed by atoms with E-state index < -0.39 is 0 Å². The van der Waals surface area contributed by atoms with Gasteiger partial charge in [0.05, 0.1) is 0 Å². The fourth-order valence-electron chi connectivity index (χ4n) is 3.47. The van der Waals surface area contributed by atoms with Gasteiger partial charge in [-0.3, -0.25) is 0 Å². The van der Waals surface area contributed by atoms with E-state index in [1.165, 1.54) is 44.9 Å². The van der Waals surface area contributed by atoms with E-state index in [0.717, 1.165) is 11.8 Å². The molecule has 2 heteroatoms. The molecule has 1 N–H and O–H groups in total.